The fraction of sp³-hybridized carbons (Fsp3) is 0.417. The largest absolute Gasteiger partial charge is 0.360 e. The number of piperidine rings is 1. The number of nitrogens with one attached hydrogen (secondary N) is 2. The van der Waals surface area contributed by atoms with Crippen molar-refractivity contribution < 1.29 is 13.2 Å². The number of anilines is 2. The molecule has 0 bridgehead atoms. The Kier molecular flexibility index (Phi) is 6.60. The van der Waals surface area contributed by atoms with Crippen LogP contribution < -0.4 is 9.62 Å². The van der Waals surface area contributed by atoms with Crippen LogP contribution in [0.4, 0.5) is 11.5 Å². The number of H-pyrrole nitrogens is 1. The highest BCUT2D eigenvalue weighted by Gasteiger charge is 2.28. The van der Waals surface area contributed by atoms with E-state index in [0.29, 0.717) is 35.8 Å². The van der Waals surface area contributed by atoms with Crippen molar-refractivity contribution >= 4 is 38.3 Å². The van der Waals surface area contributed by atoms with Gasteiger partial charge in [0.2, 0.25) is 10.0 Å². The molecule has 33 heavy (non-hydrogen) atoms. The van der Waals surface area contributed by atoms with Crippen molar-refractivity contribution in [3.05, 3.63) is 53.9 Å². The zero-order chi connectivity index (χ0) is 23.6. The third kappa shape index (κ3) is 5.13. The van der Waals surface area contributed by atoms with Crippen LogP contribution in [0, 0.1) is 0 Å². The van der Waals surface area contributed by atoms with Crippen molar-refractivity contribution in [3.8, 4) is 0 Å². The first kappa shape index (κ1) is 23.1. The van der Waals surface area contributed by atoms with Crippen LogP contribution >= 0.6 is 0 Å². The van der Waals surface area contributed by atoms with E-state index in [4.69, 9.17) is 0 Å². The zero-order valence-corrected chi connectivity index (χ0v) is 20.2. The van der Waals surface area contributed by atoms with Gasteiger partial charge in [-0.3, -0.25) is 9.52 Å². The van der Waals surface area contributed by atoms with Gasteiger partial charge in [0.25, 0.3) is 5.91 Å². The molecule has 4 rings (SSSR count). The van der Waals surface area contributed by atoms with E-state index in [0.717, 1.165) is 43.3 Å². The van der Waals surface area contributed by atoms with E-state index >= 15 is 0 Å². The Bertz CT molecular complexity index is 1250. The van der Waals surface area contributed by atoms with Crippen molar-refractivity contribution in [2.24, 2.45) is 0 Å². The average Bonchev–Trinajstić information content (AvgIpc) is 3.21. The Hall–Kier alpha value is -3.07. The molecule has 2 aromatic heterocycles. The summed E-state index contributed by atoms with van der Waals surface area (Å²) in [7, 11) is -1.30. The maximum absolute atomic E-state index is 13.3. The van der Waals surface area contributed by atoms with Gasteiger partial charge < -0.3 is 14.8 Å². The summed E-state index contributed by atoms with van der Waals surface area (Å²) in [4.78, 5) is 25.2. The Morgan fingerprint density at radius 2 is 2.03 bits per heavy atom. The molecule has 1 aromatic carbocycles. The fourth-order valence-electron chi connectivity index (χ4n) is 4.59. The number of aromatic amines is 1. The SMILES string of the molecule is CCCc1cccnc1N(C)C1CCN(C(=O)c2c[nH]c3ccc(NS(C)(=O)=O)cc23)CC1. The summed E-state index contributed by atoms with van der Waals surface area (Å²) in [6, 6.07) is 9.62. The highest BCUT2D eigenvalue weighted by Crippen LogP contribution is 2.27. The normalized spacial score (nSPS) is 15.1. The number of aryl methyl sites for hydroxylation is 1. The number of sulfonamides is 1. The average molecular weight is 470 g/mol. The second kappa shape index (κ2) is 9.43. The van der Waals surface area contributed by atoms with Crippen LogP contribution in [0.2, 0.25) is 0 Å². The van der Waals surface area contributed by atoms with E-state index in [1.165, 1.54) is 5.56 Å². The first-order valence-corrected chi connectivity index (χ1v) is 13.2. The molecule has 0 spiro atoms. The molecule has 9 heteroatoms. The van der Waals surface area contributed by atoms with E-state index in [2.05, 4.69) is 39.6 Å². The molecule has 1 saturated heterocycles. The van der Waals surface area contributed by atoms with Crippen molar-refractivity contribution in [2.45, 2.75) is 38.6 Å². The van der Waals surface area contributed by atoms with E-state index in [9.17, 15) is 13.2 Å². The first-order valence-electron chi connectivity index (χ1n) is 11.3. The summed E-state index contributed by atoms with van der Waals surface area (Å²) < 4.78 is 25.6. The number of benzene rings is 1. The van der Waals surface area contributed by atoms with Crippen LogP contribution in [-0.2, 0) is 16.4 Å². The Labute approximate surface area is 195 Å². The highest BCUT2D eigenvalue weighted by molar-refractivity contribution is 7.92. The minimum atomic E-state index is -3.39. The smallest absolute Gasteiger partial charge is 0.256 e. The van der Waals surface area contributed by atoms with Gasteiger partial charge in [-0.15, -0.1) is 0 Å². The standard InChI is InChI=1S/C24H31N5O3S/c1-4-6-17-7-5-12-25-23(17)28(2)19-10-13-29(14-11-19)24(30)21-16-26-22-9-8-18(15-20(21)22)27-33(3,31)32/h5,7-9,12,15-16,19,26-27H,4,6,10-11,13-14H2,1-3H3. The van der Waals surface area contributed by atoms with Gasteiger partial charge in [0.15, 0.2) is 0 Å². The Balaban J connectivity index is 1.47. The molecular formula is C24H31N5O3S. The lowest BCUT2D eigenvalue weighted by molar-refractivity contribution is 0.0715. The zero-order valence-electron chi connectivity index (χ0n) is 19.3. The lowest BCUT2D eigenvalue weighted by Gasteiger charge is -2.38. The van der Waals surface area contributed by atoms with Crippen molar-refractivity contribution in [2.75, 3.05) is 36.0 Å². The van der Waals surface area contributed by atoms with Gasteiger partial charge in [-0.1, -0.05) is 19.4 Å². The second-order valence-corrected chi connectivity index (χ2v) is 10.5. The van der Waals surface area contributed by atoms with E-state index < -0.39 is 10.0 Å². The lowest BCUT2D eigenvalue weighted by Crippen LogP contribution is -2.46. The fourth-order valence-corrected chi connectivity index (χ4v) is 5.14. The van der Waals surface area contributed by atoms with Gasteiger partial charge in [0.1, 0.15) is 5.82 Å². The van der Waals surface area contributed by atoms with E-state index in [1.54, 1.807) is 24.4 Å². The molecule has 0 aliphatic carbocycles. The monoisotopic (exact) mass is 469 g/mol. The quantitative estimate of drug-likeness (QED) is 0.551. The molecule has 2 N–H and O–H groups in total. The summed E-state index contributed by atoms with van der Waals surface area (Å²) in [6.45, 7) is 3.50. The molecule has 8 nitrogen and oxygen atoms in total. The maximum Gasteiger partial charge on any atom is 0.256 e. The molecule has 1 fully saturated rings. The van der Waals surface area contributed by atoms with Crippen LogP contribution in [0.15, 0.2) is 42.7 Å². The van der Waals surface area contributed by atoms with Crippen molar-refractivity contribution in [1.29, 1.82) is 0 Å². The topological polar surface area (TPSA) is 98.4 Å². The molecule has 3 heterocycles. The van der Waals surface area contributed by atoms with Crippen LogP contribution in [0.25, 0.3) is 10.9 Å². The lowest BCUT2D eigenvalue weighted by atomic mass is 10.0. The second-order valence-electron chi connectivity index (χ2n) is 8.71. The molecular weight excluding hydrogens is 438 g/mol. The molecule has 0 radical (unpaired) electrons. The summed E-state index contributed by atoms with van der Waals surface area (Å²) in [5.74, 6) is 0.995. The number of hydrogen-bond acceptors (Lipinski definition) is 5. The number of likely N-dealkylation sites (tertiary alicyclic amines) is 1. The number of fused-ring (bicyclic) bond motifs is 1. The van der Waals surface area contributed by atoms with Crippen LogP contribution in [0.5, 0.6) is 0 Å². The van der Waals surface area contributed by atoms with Gasteiger partial charge in [0, 0.05) is 55.2 Å². The summed E-state index contributed by atoms with van der Waals surface area (Å²) >= 11 is 0. The summed E-state index contributed by atoms with van der Waals surface area (Å²) in [5, 5.41) is 0.714. The number of pyridine rings is 1. The van der Waals surface area contributed by atoms with Crippen LogP contribution in [0.3, 0.4) is 0 Å². The van der Waals surface area contributed by atoms with Gasteiger partial charge in [-0.05, 0) is 49.1 Å². The molecule has 0 atom stereocenters. The number of amides is 1. The van der Waals surface area contributed by atoms with E-state index in [-0.39, 0.29) is 5.91 Å². The first-order chi connectivity index (χ1) is 15.8. The predicted octanol–water partition coefficient (Wildman–Crippen LogP) is 3.63. The minimum absolute atomic E-state index is 0.0385. The van der Waals surface area contributed by atoms with Gasteiger partial charge >= 0.3 is 0 Å². The van der Waals surface area contributed by atoms with Gasteiger partial charge in [-0.2, -0.15) is 0 Å². The number of carbonyl (C=O) groups is 1. The number of aromatic nitrogens is 2. The highest BCUT2D eigenvalue weighted by atomic mass is 32.2. The Morgan fingerprint density at radius 3 is 2.73 bits per heavy atom. The molecule has 176 valence electrons. The predicted molar refractivity (Wildman–Crippen MR) is 132 cm³/mol. The number of nitrogens with zero attached hydrogens (tertiary/aromatic N) is 3. The van der Waals surface area contributed by atoms with Crippen molar-refractivity contribution in [3.63, 3.8) is 0 Å². The molecule has 1 amide bonds. The molecule has 3 aromatic rings. The third-order valence-electron chi connectivity index (χ3n) is 6.24. The molecule has 0 unspecified atom stereocenters. The van der Waals surface area contributed by atoms with Gasteiger partial charge in [0.05, 0.1) is 11.8 Å². The summed E-state index contributed by atoms with van der Waals surface area (Å²) in [6.07, 6.45) is 8.47. The summed E-state index contributed by atoms with van der Waals surface area (Å²) in [5.41, 5.74) is 3.06. The minimum Gasteiger partial charge on any atom is -0.360 e. The van der Waals surface area contributed by atoms with Gasteiger partial charge in [-0.25, -0.2) is 13.4 Å². The van der Waals surface area contributed by atoms with Crippen LogP contribution in [-0.4, -0.2) is 61.6 Å². The van der Waals surface area contributed by atoms with E-state index in [1.807, 2.05) is 17.2 Å². The maximum atomic E-state index is 13.3. The van der Waals surface area contributed by atoms with Crippen molar-refractivity contribution in [1.82, 2.24) is 14.9 Å². The van der Waals surface area contributed by atoms with Crippen LogP contribution in [0.1, 0.15) is 42.1 Å². The number of hydrogen-bond donors (Lipinski definition) is 2. The molecule has 1 aliphatic rings. The number of carbonyl (C=O) groups excluding carboxylic acids is 1. The Morgan fingerprint density at radius 1 is 1.27 bits per heavy atom. The molecule has 0 saturated carbocycles. The number of rotatable bonds is 7. The third-order valence-corrected chi connectivity index (χ3v) is 6.84. The molecule has 1 aliphatic heterocycles.